The zero-order chi connectivity index (χ0) is 19.1. The largest absolute Gasteiger partial charge is 0.483 e. The third kappa shape index (κ3) is 5.31. The number of hydrogen-bond donors (Lipinski definition) is 1. The average molecular weight is 385 g/mol. The molecule has 0 bridgehead atoms. The van der Waals surface area contributed by atoms with Gasteiger partial charge in [0.25, 0.3) is 11.7 Å². The summed E-state index contributed by atoms with van der Waals surface area (Å²) in [4.78, 5) is 12.5. The summed E-state index contributed by atoms with van der Waals surface area (Å²) < 4.78 is 31.0. The number of benzene rings is 3. The fourth-order valence-electron chi connectivity index (χ4n) is 2.55. The first kappa shape index (κ1) is 18.9. The zero-order valence-electron chi connectivity index (χ0n) is 14.3. The van der Waals surface area contributed by atoms with Crippen LogP contribution in [0.15, 0.2) is 83.8 Å². The van der Waals surface area contributed by atoms with Crippen LogP contribution < -0.4 is 10.1 Å². The van der Waals surface area contributed by atoms with E-state index in [1.165, 1.54) is 6.07 Å². The van der Waals surface area contributed by atoms with Crippen LogP contribution in [0.25, 0.3) is 11.1 Å². The Bertz CT molecular complexity index is 903. The van der Waals surface area contributed by atoms with Crippen molar-refractivity contribution in [3.05, 3.63) is 78.9 Å². The highest BCUT2D eigenvalue weighted by atomic mass is 32.2. The van der Waals surface area contributed by atoms with Crippen molar-refractivity contribution in [3.63, 3.8) is 0 Å². The topological polar surface area (TPSA) is 38.3 Å². The number of anilines is 1. The molecule has 27 heavy (non-hydrogen) atoms. The lowest BCUT2D eigenvalue weighted by Gasteiger charge is -2.13. The molecule has 1 amide bonds. The second-order valence-corrected chi connectivity index (χ2v) is 6.61. The van der Waals surface area contributed by atoms with E-state index in [2.05, 4.69) is 5.32 Å². The van der Waals surface area contributed by atoms with E-state index in [0.29, 0.717) is 28.1 Å². The lowest BCUT2D eigenvalue weighted by atomic mass is 10.1. The van der Waals surface area contributed by atoms with E-state index in [4.69, 9.17) is 4.74 Å². The predicted molar refractivity (Wildman–Crippen MR) is 104 cm³/mol. The maximum absolute atomic E-state index is 12.6. The van der Waals surface area contributed by atoms with Crippen molar-refractivity contribution in [2.24, 2.45) is 0 Å². The van der Waals surface area contributed by atoms with Crippen molar-refractivity contribution in [1.82, 2.24) is 0 Å². The fraction of sp³-hybridized carbons (Fsp3) is 0.0952. The highest BCUT2D eigenvalue weighted by molar-refractivity contribution is 7.99. The van der Waals surface area contributed by atoms with Gasteiger partial charge < -0.3 is 10.1 Å². The number of amides is 1. The van der Waals surface area contributed by atoms with Crippen LogP contribution in [0.3, 0.4) is 0 Å². The smallest absolute Gasteiger partial charge is 0.288 e. The molecular formula is C21H17F2NO2S. The van der Waals surface area contributed by atoms with Gasteiger partial charge in [-0.05, 0) is 23.8 Å². The summed E-state index contributed by atoms with van der Waals surface area (Å²) in [5.41, 5.74) is 2.19. The molecule has 6 heteroatoms. The van der Waals surface area contributed by atoms with Crippen molar-refractivity contribution in [1.29, 1.82) is 0 Å². The Morgan fingerprint density at radius 1 is 0.926 bits per heavy atom. The number of alkyl halides is 2. The number of hydrogen-bond acceptors (Lipinski definition) is 3. The third-order valence-electron chi connectivity index (χ3n) is 3.71. The van der Waals surface area contributed by atoms with Crippen LogP contribution >= 0.6 is 11.8 Å². The lowest BCUT2D eigenvalue weighted by Crippen LogP contribution is -2.20. The molecule has 0 radical (unpaired) electrons. The Labute approximate surface area is 160 Å². The summed E-state index contributed by atoms with van der Waals surface area (Å²) in [6.07, 6.45) is 0. The van der Waals surface area contributed by atoms with Crippen LogP contribution in [0, 0.1) is 0 Å². The van der Waals surface area contributed by atoms with E-state index in [1.54, 1.807) is 24.3 Å². The molecule has 3 nitrogen and oxygen atoms in total. The standard InChI is InChI=1S/C21H17F2NO2S/c22-21(23)27-19-13-7-5-11-17(19)24-20(25)14-26-18-12-6-4-10-16(18)15-8-2-1-3-9-15/h1-13,21H,14H2,(H,24,25). The van der Waals surface area contributed by atoms with Crippen LogP contribution in [0.1, 0.15) is 0 Å². The summed E-state index contributed by atoms with van der Waals surface area (Å²) in [7, 11) is 0. The van der Waals surface area contributed by atoms with Gasteiger partial charge in [-0.15, -0.1) is 0 Å². The molecule has 0 aliphatic heterocycles. The first-order chi connectivity index (χ1) is 13.1. The molecular weight excluding hydrogens is 368 g/mol. The van der Waals surface area contributed by atoms with Gasteiger partial charge in [-0.2, -0.15) is 8.78 Å². The number of carbonyl (C=O) groups is 1. The minimum atomic E-state index is -2.56. The molecule has 0 heterocycles. The van der Waals surface area contributed by atoms with Crippen LogP contribution in [0.4, 0.5) is 14.5 Å². The minimum absolute atomic E-state index is 0.225. The number of halogens is 2. The number of ether oxygens (including phenoxy) is 1. The Morgan fingerprint density at radius 3 is 2.37 bits per heavy atom. The van der Waals surface area contributed by atoms with Gasteiger partial charge in [-0.3, -0.25) is 4.79 Å². The summed E-state index contributed by atoms with van der Waals surface area (Å²) in [6.45, 7) is -0.225. The van der Waals surface area contributed by atoms with Gasteiger partial charge in [0.05, 0.1) is 5.69 Å². The zero-order valence-corrected chi connectivity index (χ0v) is 15.1. The molecule has 0 aliphatic rings. The van der Waals surface area contributed by atoms with Crippen LogP contribution in [-0.2, 0) is 4.79 Å². The molecule has 0 atom stereocenters. The molecule has 0 aliphatic carbocycles. The van der Waals surface area contributed by atoms with Crippen molar-refractivity contribution >= 4 is 23.4 Å². The van der Waals surface area contributed by atoms with Gasteiger partial charge in [-0.1, -0.05) is 72.4 Å². The summed E-state index contributed by atoms with van der Waals surface area (Å²) in [5, 5.41) is 2.63. The molecule has 138 valence electrons. The number of nitrogens with one attached hydrogen (secondary N) is 1. The molecule has 0 fully saturated rings. The molecule has 0 aromatic heterocycles. The molecule has 1 N–H and O–H groups in total. The Morgan fingerprint density at radius 2 is 1.59 bits per heavy atom. The van der Waals surface area contributed by atoms with E-state index in [1.807, 2.05) is 48.5 Å². The van der Waals surface area contributed by atoms with Crippen LogP contribution in [0.5, 0.6) is 5.75 Å². The highest BCUT2D eigenvalue weighted by Gasteiger charge is 2.13. The summed E-state index contributed by atoms with van der Waals surface area (Å²) in [6, 6.07) is 23.6. The van der Waals surface area contributed by atoms with Crippen molar-refractivity contribution in [2.75, 3.05) is 11.9 Å². The summed E-state index contributed by atoms with van der Waals surface area (Å²) >= 11 is 0.392. The number of para-hydroxylation sites is 2. The van der Waals surface area contributed by atoms with E-state index in [0.717, 1.165) is 11.1 Å². The second kappa shape index (κ2) is 9.19. The van der Waals surface area contributed by atoms with Crippen LogP contribution in [-0.4, -0.2) is 18.3 Å². The van der Waals surface area contributed by atoms with Crippen molar-refractivity contribution in [3.8, 4) is 16.9 Å². The lowest BCUT2D eigenvalue weighted by molar-refractivity contribution is -0.118. The first-order valence-electron chi connectivity index (χ1n) is 8.24. The normalized spacial score (nSPS) is 10.6. The Hall–Kier alpha value is -2.86. The quantitative estimate of drug-likeness (QED) is 0.531. The second-order valence-electron chi connectivity index (χ2n) is 5.57. The minimum Gasteiger partial charge on any atom is -0.483 e. The van der Waals surface area contributed by atoms with E-state index in [9.17, 15) is 13.6 Å². The van der Waals surface area contributed by atoms with Gasteiger partial charge in [-0.25, -0.2) is 0 Å². The third-order valence-corrected chi connectivity index (χ3v) is 4.50. The number of thioether (sulfide) groups is 1. The maximum atomic E-state index is 12.6. The maximum Gasteiger partial charge on any atom is 0.288 e. The number of carbonyl (C=O) groups excluding carboxylic acids is 1. The van der Waals surface area contributed by atoms with Gasteiger partial charge in [0.1, 0.15) is 5.75 Å². The van der Waals surface area contributed by atoms with Gasteiger partial charge >= 0.3 is 0 Å². The van der Waals surface area contributed by atoms with Crippen molar-refractivity contribution < 1.29 is 18.3 Å². The fourth-order valence-corrected chi connectivity index (χ4v) is 3.14. The Kier molecular flexibility index (Phi) is 6.44. The summed E-state index contributed by atoms with van der Waals surface area (Å²) in [5.74, 6) is -2.40. The van der Waals surface area contributed by atoms with E-state index in [-0.39, 0.29) is 6.61 Å². The average Bonchev–Trinajstić information content (AvgIpc) is 2.68. The monoisotopic (exact) mass is 385 g/mol. The van der Waals surface area contributed by atoms with Gasteiger partial charge in [0, 0.05) is 10.5 Å². The predicted octanol–water partition coefficient (Wildman–Crippen LogP) is 5.69. The molecule has 0 saturated carbocycles. The van der Waals surface area contributed by atoms with Gasteiger partial charge in [0.15, 0.2) is 6.61 Å². The van der Waals surface area contributed by atoms with Gasteiger partial charge in [0.2, 0.25) is 0 Å². The molecule has 3 aromatic rings. The Balaban J connectivity index is 1.68. The highest BCUT2D eigenvalue weighted by Crippen LogP contribution is 2.32. The molecule has 0 spiro atoms. The molecule has 0 unspecified atom stereocenters. The first-order valence-corrected chi connectivity index (χ1v) is 9.12. The van der Waals surface area contributed by atoms with Crippen LogP contribution in [0.2, 0.25) is 0 Å². The molecule has 3 aromatic carbocycles. The number of rotatable bonds is 7. The van der Waals surface area contributed by atoms with Crippen molar-refractivity contribution in [2.45, 2.75) is 10.7 Å². The molecule has 3 rings (SSSR count). The van der Waals surface area contributed by atoms with E-state index >= 15 is 0 Å². The SMILES string of the molecule is O=C(COc1ccccc1-c1ccccc1)Nc1ccccc1SC(F)F. The van der Waals surface area contributed by atoms with E-state index < -0.39 is 11.7 Å². The molecule has 0 saturated heterocycles.